The summed E-state index contributed by atoms with van der Waals surface area (Å²) in [5.74, 6) is -0.444. The molecule has 2 nitrogen and oxygen atoms in total. The van der Waals surface area contributed by atoms with E-state index in [-0.39, 0.29) is 12.2 Å². The molecule has 136 valence electrons. The van der Waals surface area contributed by atoms with Gasteiger partial charge in [0.25, 0.3) is 0 Å². The van der Waals surface area contributed by atoms with Gasteiger partial charge in [-0.25, -0.2) is 0 Å². The maximum absolute atomic E-state index is 5.96. The fourth-order valence-corrected chi connectivity index (χ4v) is 3.47. The van der Waals surface area contributed by atoms with Crippen LogP contribution in [0.4, 0.5) is 0 Å². The third kappa shape index (κ3) is 9.52. The molecule has 2 heteroatoms. The molecule has 1 saturated heterocycles. The minimum Gasteiger partial charge on any atom is -0.344 e. The maximum atomic E-state index is 5.96. The fourth-order valence-electron chi connectivity index (χ4n) is 3.47. The Labute approximate surface area is 145 Å². The van der Waals surface area contributed by atoms with Crippen molar-refractivity contribution in [2.24, 2.45) is 0 Å². The van der Waals surface area contributed by atoms with E-state index >= 15 is 0 Å². The highest BCUT2D eigenvalue weighted by Gasteiger charge is 2.38. The van der Waals surface area contributed by atoms with Crippen LogP contribution in [0.15, 0.2) is 12.7 Å². The van der Waals surface area contributed by atoms with Gasteiger partial charge in [-0.3, -0.25) is 0 Å². The molecule has 1 rings (SSSR count). The smallest absolute Gasteiger partial charge is 0.164 e. The zero-order chi connectivity index (χ0) is 17.0. The van der Waals surface area contributed by atoms with E-state index in [0.717, 1.165) is 6.42 Å². The van der Waals surface area contributed by atoms with Gasteiger partial charge in [0, 0.05) is 0 Å². The molecule has 1 aliphatic rings. The molecule has 0 aromatic heterocycles. The SMILES string of the molecule is C=C[C@@H]1OC(C)(C)O[C@@H]1CCCCCCCCCCCCCC. The van der Waals surface area contributed by atoms with E-state index in [9.17, 15) is 0 Å². The second kappa shape index (κ2) is 12.1. The van der Waals surface area contributed by atoms with Crippen LogP contribution in [0.1, 0.15) is 104 Å². The Morgan fingerprint density at radius 3 is 1.74 bits per heavy atom. The third-order valence-electron chi connectivity index (χ3n) is 4.80. The average molecular weight is 325 g/mol. The summed E-state index contributed by atoms with van der Waals surface area (Å²) in [4.78, 5) is 0. The predicted octanol–water partition coefficient (Wildman–Crippen LogP) is 6.78. The summed E-state index contributed by atoms with van der Waals surface area (Å²) < 4.78 is 11.8. The summed E-state index contributed by atoms with van der Waals surface area (Å²) in [5.41, 5.74) is 0. The molecule has 1 aliphatic heterocycles. The van der Waals surface area contributed by atoms with Crippen LogP contribution >= 0.6 is 0 Å². The molecule has 1 fully saturated rings. The molecule has 0 spiro atoms. The normalized spacial score (nSPS) is 23.3. The molecule has 0 aliphatic carbocycles. The minimum atomic E-state index is -0.444. The molecule has 0 radical (unpaired) electrons. The monoisotopic (exact) mass is 324 g/mol. The van der Waals surface area contributed by atoms with Gasteiger partial charge in [-0.1, -0.05) is 90.0 Å². The van der Waals surface area contributed by atoms with Crippen molar-refractivity contribution in [3.05, 3.63) is 12.7 Å². The molecule has 0 amide bonds. The topological polar surface area (TPSA) is 18.5 Å². The van der Waals surface area contributed by atoms with Crippen LogP contribution < -0.4 is 0 Å². The molecule has 0 unspecified atom stereocenters. The van der Waals surface area contributed by atoms with Crippen LogP contribution in [0.5, 0.6) is 0 Å². The number of hydrogen-bond donors (Lipinski definition) is 0. The highest BCUT2D eigenvalue weighted by atomic mass is 16.7. The lowest BCUT2D eigenvalue weighted by atomic mass is 10.0. The largest absolute Gasteiger partial charge is 0.344 e. The summed E-state index contributed by atoms with van der Waals surface area (Å²) >= 11 is 0. The Bertz CT molecular complexity index is 298. The van der Waals surface area contributed by atoms with Crippen molar-refractivity contribution in [3.63, 3.8) is 0 Å². The van der Waals surface area contributed by atoms with E-state index in [2.05, 4.69) is 13.5 Å². The van der Waals surface area contributed by atoms with Gasteiger partial charge in [0.1, 0.15) is 6.10 Å². The lowest BCUT2D eigenvalue weighted by Crippen LogP contribution is -2.21. The van der Waals surface area contributed by atoms with Gasteiger partial charge in [0.15, 0.2) is 5.79 Å². The highest BCUT2D eigenvalue weighted by Crippen LogP contribution is 2.31. The Hall–Kier alpha value is -0.340. The van der Waals surface area contributed by atoms with Gasteiger partial charge in [0.05, 0.1) is 6.10 Å². The first kappa shape index (κ1) is 20.7. The van der Waals surface area contributed by atoms with Crippen molar-refractivity contribution in [2.75, 3.05) is 0 Å². The standard InChI is InChI=1S/C21H40O2/c1-5-7-8-9-10-11-12-13-14-15-16-17-18-20-19(6-2)22-21(3,4)23-20/h6,19-20H,2,5,7-18H2,1,3-4H3/t19-,20+/m0/s1. The Morgan fingerprint density at radius 2 is 1.26 bits per heavy atom. The molecule has 23 heavy (non-hydrogen) atoms. The molecule has 2 atom stereocenters. The number of rotatable bonds is 14. The number of unbranched alkanes of at least 4 members (excludes halogenated alkanes) is 11. The Morgan fingerprint density at radius 1 is 0.783 bits per heavy atom. The van der Waals surface area contributed by atoms with E-state index < -0.39 is 5.79 Å². The average Bonchev–Trinajstić information content (AvgIpc) is 2.82. The molecule has 1 heterocycles. The first-order chi connectivity index (χ1) is 11.1. The van der Waals surface area contributed by atoms with Crippen molar-refractivity contribution in [1.29, 1.82) is 0 Å². The van der Waals surface area contributed by atoms with Gasteiger partial charge in [-0.15, -0.1) is 6.58 Å². The van der Waals surface area contributed by atoms with Gasteiger partial charge in [-0.05, 0) is 20.3 Å². The number of ether oxygens (including phenoxy) is 2. The quantitative estimate of drug-likeness (QED) is 0.259. The van der Waals surface area contributed by atoms with Gasteiger partial charge < -0.3 is 9.47 Å². The van der Waals surface area contributed by atoms with E-state index in [4.69, 9.17) is 9.47 Å². The molecule has 0 aromatic carbocycles. The van der Waals surface area contributed by atoms with Gasteiger partial charge >= 0.3 is 0 Å². The fraction of sp³-hybridized carbons (Fsp3) is 0.905. The van der Waals surface area contributed by atoms with Crippen molar-refractivity contribution < 1.29 is 9.47 Å². The van der Waals surface area contributed by atoms with Crippen LogP contribution in [0.2, 0.25) is 0 Å². The first-order valence-corrected chi connectivity index (χ1v) is 10.1. The second-order valence-corrected chi connectivity index (χ2v) is 7.55. The molecule has 0 aromatic rings. The maximum Gasteiger partial charge on any atom is 0.164 e. The Kier molecular flexibility index (Phi) is 10.9. The molecule has 0 saturated carbocycles. The molecule has 0 N–H and O–H groups in total. The predicted molar refractivity (Wildman–Crippen MR) is 99.7 cm³/mol. The summed E-state index contributed by atoms with van der Waals surface area (Å²) in [6.45, 7) is 10.1. The van der Waals surface area contributed by atoms with Crippen molar-refractivity contribution in [2.45, 2.75) is 122 Å². The summed E-state index contributed by atoms with van der Waals surface area (Å²) in [6, 6.07) is 0. The van der Waals surface area contributed by atoms with Crippen LogP contribution in [0.25, 0.3) is 0 Å². The summed E-state index contributed by atoms with van der Waals surface area (Å²) in [7, 11) is 0. The van der Waals surface area contributed by atoms with E-state index in [1.165, 1.54) is 77.0 Å². The summed E-state index contributed by atoms with van der Waals surface area (Å²) in [5, 5.41) is 0. The third-order valence-corrected chi connectivity index (χ3v) is 4.80. The van der Waals surface area contributed by atoms with Crippen molar-refractivity contribution >= 4 is 0 Å². The van der Waals surface area contributed by atoms with Gasteiger partial charge in [0.2, 0.25) is 0 Å². The van der Waals surface area contributed by atoms with E-state index in [1.54, 1.807) is 0 Å². The van der Waals surface area contributed by atoms with Crippen molar-refractivity contribution in [3.8, 4) is 0 Å². The van der Waals surface area contributed by atoms with Crippen LogP contribution in [0.3, 0.4) is 0 Å². The second-order valence-electron chi connectivity index (χ2n) is 7.55. The highest BCUT2D eigenvalue weighted by molar-refractivity contribution is 4.92. The van der Waals surface area contributed by atoms with E-state index in [1.807, 2.05) is 19.9 Å². The molecule has 0 bridgehead atoms. The summed E-state index contributed by atoms with van der Waals surface area (Å²) in [6.07, 6.45) is 19.9. The first-order valence-electron chi connectivity index (χ1n) is 10.1. The zero-order valence-corrected chi connectivity index (χ0v) is 15.9. The van der Waals surface area contributed by atoms with Gasteiger partial charge in [-0.2, -0.15) is 0 Å². The lowest BCUT2D eigenvalue weighted by Gasteiger charge is -2.16. The minimum absolute atomic E-state index is 0.0673. The van der Waals surface area contributed by atoms with E-state index in [0.29, 0.717) is 0 Å². The van der Waals surface area contributed by atoms with Crippen LogP contribution in [-0.2, 0) is 9.47 Å². The number of hydrogen-bond acceptors (Lipinski definition) is 2. The van der Waals surface area contributed by atoms with Crippen LogP contribution in [0, 0.1) is 0 Å². The van der Waals surface area contributed by atoms with Crippen LogP contribution in [-0.4, -0.2) is 18.0 Å². The molecular weight excluding hydrogens is 284 g/mol. The zero-order valence-electron chi connectivity index (χ0n) is 15.9. The molecular formula is C21H40O2. The van der Waals surface area contributed by atoms with Crippen molar-refractivity contribution in [1.82, 2.24) is 0 Å². The Balaban J connectivity index is 1.89. The lowest BCUT2D eigenvalue weighted by molar-refractivity contribution is -0.143.